The van der Waals surface area contributed by atoms with Crippen LogP contribution in [0.4, 0.5) is 0 Å². The highest BCUT2D eigenvalue weighted by molar-refractivity contribution is 5.13. The number of hydrogen-bond donors (Lipinski definition) is 1. The molecule has 2 bridgehead atoms. The van der Waals surface area contributed by atoms with Gasteiger partial charge in [-0.25, -0.2) is 0 Å². The molecule has 116 valence electrons. The Balaban J connectivity index is 1.75. The SMILES string of the molecule is CC(C)CC1CN(C2C3(C)CCC(C3)C2(C)C)CCN1. The second kappa shape index (κ2) is 4.98. The highest BCUT2D eigenvalue weighted by Gasteiger charge is 2.61. The third kappa shape index (κ3) is 2.33. The average Bonchev–Trinajstić information content (AvgIpc) is 2.79. The lowest BCUT2D eigenvalue weighted by Crippen LogP contribution is -2.60. The second-order valence-electron chi connectivity index (χ2n) is 9.09. The fraction of sp³-hybridized carbons (Fsp3) is 1.00. The van der Waals surface area contributed by atoms with Gasteiger partial charge in [-0.1, -0.05) is 34.6 Å². The summed E-state index contributed by atoms with van der Waals surface area (Å²) in [5, 5.41) is 3.75. The minimum absolute atomic E-state index is 0.521. The van der Waals surface area contributed by atoms with Crippen LogP contribution >= 0.6 is 0 Å². The van der Waals surface area contributed by atoms with Gasteiger partial charge in [0.15, 0.2) is 0 Å². The van der Waals surface area contributed by atoms with E-state index in [4.69, 9.17) is 0 Å². The molecule has 2 saturated carbocycles. The number of piperazine rings is 1. The van der Waals surface area contributed by atoms with E-state index in [1.165, 1.54) is 45.3 Å². The van der Waals surface area contributed by atoms with Gasteiger partial charge in [0.05, 0.1) is 0 Å². The van der Waals surface area contributed by atoms with Crippen molar-refractivity contribution in [3.63, 3.8) is 0 Å². The topological polar surface area (TPSA) is 15.3 Å². The summed E-state index contributed by atoms with van der Waals surface area (Å²) in [4.78, 5) is 2.86. The smallest absolute Gasteiger partial charge is 0.0204 e. The molecule has 0 aromatic carbocycles. The third-order valence-corrected chi connectivity index (χ3v) is 6.60. The van der Waals surface area contributed by atoms with Crippen molar-refractivity contribution in [2.75, 3.05) is 19.6 Å². The zero-order valence-electron chi connectivity index (χ0n) is 14.2. The van der Waals surface area contributed by atoms with Gasteiger partial charge >= 0.3 is 0 Å². The van der Waals surface area contributed by atoms with Crippen molar-refractivity contribution in [1.29, 1.82) is 0 Å². The van der Waals surface area contributed by atoms with Crippen molar-refractivity contribution in [3.8, 4) is 0 Å². The summed E-state index contributed by atoms with van der Waals surface area (Å²) in [7, 11) is 0. The molecule has 3 fully saturated rings. The van der Waals surface area contributed by atoms with Gasteiger partial charge in [-0.3, -0.25) is 4.90 Å². The normalized spacial score (nSPS) is 44.4. The lowest BCUT2D eigenvalue weighted by atomic mass is 9.67. The first-order valence-electron chi connectivity index (χ1n) is 8.80. The standard InChI is InChI=1S/C18H34N2/c1-13(2)10-15-12-20(9-8-19-15)16-17(3,4)14-6-7-18(16,5)11-14/h13-16,19H,6-12H2,1-5H3. The Morgan fingerprint density at radius 3 is 2.60 bits per heavy atom. The van der Waals surface area contributed by atoms with Gasteiger partial charge in [-0.05, 0) is 48.3 Å². The Morgan fingerprint density at radius 2 is 2.00 bits per heavy atom. The van der Waals surface area contributed by atoms with Crippen LogP contribution in [0, 0.1) is 22.7 Å². The third-order valence-electron chi connectivity index (χ3n) is 6.60. The zero-order valence-corrected chi connectivity index (χ0v) is 14.2. The number of fused-ring (bicyclic) bond motifs is 2. The van der Waals surface area contributed by atoms with Crippen LogP contribution in [0.5, 0.6) is 0 Å². The summed E-state index contributed by atoms with van der Waals surface area (Å²) in [5.74, 6) is 1.77. The Labute approximate surface area is 125 Å². The molecule has 0 aromatic heterocycles. The maximum Gasteiger partial charge on any atom is 0.0204 e. The molecule has 2 heteroatoms. The van der Waals surface area contributed by atoms with Crippen molar-refractivity contribution in [1.82, 2.24) is 10.2 Å². The molecule has 0 amide bonds. The average molecular weight is 278 g/mol. The number of hydrogen-bond acceptors (Lipinski definition) is 2. The monoisotopic (exact) mass is 278 g/mol. The Bertz CT molecular complexity index is 358. The van der Waals surface area contributed by atoms with Gasteiger partial charge < -0.3 is 5.32 Å². The predicted octanol–water partition coefficient (Wildman–Crippen LogP) is 3.52. The van der Waals surface area contributed by atoms with E-state index in [0.717, 1.165) is 17.9 Å². The molecule has 4 atom stereocenters. The van der Waals surface area contributed by atoms with E-state index < -0.39 is 0 Å². The molecule has 2 nitrogen and oxygen atoms in total. The Morgan fingerprint density at radius 1 is 1.25 bits per heavy atom. The molecule has 1 N–H and O–H groups in total. The molecule has 0 aromatic rings. The van der Waals surface area contributed by atoms with Gasteiger partial charge in [0.25, 0.3) is 0 Å². The lowest BCUT2D eigenvalue weighted by Gasteiger charge is -2.51. The lowest BCUT2D eigenvalue weighted by molar-refractivity contribution is -0.0128. The molecule has 3 aliphatic rings. The first kappa shape index (κ1) is 14.8. The van der Waals surface area contributed by atoms with E-state index in [9.17, 15) is 0 Å². The van der Waals surface area contributed by atoms with Gasteiger partial charge in [0.1, 0.15) is 0 Å². The van der Waals surface area contributed by atoms with Crippen molar-refractivity contribution < 1.29 is 0 Å². The molecule has 1 aliphatic heterocycles. The van der Waals surface area contributed by atoms with Crippen molar-refractivity contribution >= 4 is 0 Å². The molecule has 0 spiro atoms. The van der Waals surface area contributed by atoms with Gasteiger partial charge in [0, 0.05) is 31.7 Å². The number of nitrogens with one attached hydrogen (secondary N) is 1. The molecule has 4 unspecified atom stereocenters. The van der Waals surface area contributed by atoms with Crippen LogP contribution in [-0.4, -0.2) is 36.6 Å². The Hall–Kier alpha value is -0.0800. The van der Waals surface area contributed by atoms with Gasteiger partial charge in [-0.15, -0.1) is 0 Å². The minimum Gasteiger partial charge on any atom is -0.311 e. The highest BCUT2D eigenvalue weighted by Crippen LogP contribution is 2.64. The fourth-order valence-electron chi connectivity index (χ4n) is 6.00. The predicted molar refractivity (Wildman–Crippen MR) is 85.8 cm³/mol. The summed E-state index contributed by atoms with van der Waals surface area (Å²) in [6.07, 6.45) is 5.74. The molecule has 20 heavy (non-hydrogen) atoms. The molecular formula is C18H34N2. The second-order valence-corrected chi connectivity index (χ2v) is 9.09. The maximum absolute atomic E-state index is 3.75. The highest BCUT2D eigenvalue weighted by atomic mass is 15.2. The largest absolute Gasteiger partial charge is 0.311 e. The first-order valence-corrected chi connectivity index (χ1v) is 8.80. The van der Waals surface area contributed by atoms with Crippen LogP contribution in [0.3, 0.4) is 0 Å². The summed E-state index contributed by atoms with van der Waals surface area (Å²) in [6.45, 7) is 16.1. The molecule has 3 rings (SSSR count). The molecule has 1 saturated heterocycles. The first-order chi connectivity index (χ1) is 9.33. The fourth-order valence-corrected chi connectivity index (χ4v) is 6.00. The van der Waals surface area contributed by atoms with Crippen LogP contribution < -0.4 is 5.32 Å². The van der Waals surface area contributed by atoms with Crippen molar-refractivity contribution in [2.24, 2.45) is 22.7 Å². The van der Waals surface area contributed by atoms with Crippen LogP contribution in [0.1, 0.15) is 60.3 Å². The summed E-state index contributed by atoms with van der Waals surface area (Å²) in [5.41, 5.74) is 1.11. The summed E-state index contributed by atoms with van der Waals surface area (Å²) < 4.78 is 0. The van der Waals surface area contributed by atoms with E-state index in [0.29, 0.717) is 16.9 Å². The van der Waals surface area contributed by atoms with Crippen LogP contribution in [0.15, 0.2) is 0 Å². The van der Waals surface area contributed by atoms with E-state index in [2.05, 4.69) is 44.8 Å². The summed E-state index contributed by atoms with van der Waals surface area (Å²) in [6, 6.07) is 1.52. The van der Waals surface area contributed by atoms with Crippen LogP contribution in [0.2, 0.25) is 0 Å². The van der Waals surface area contributed by atoms with E-state index in [1.807, 2.05) is 0 Å². The van der Waals surface area contributed by atoms with E-state index in [1.54, 1.807) is 0 Å². The van der Waals surface area contributed by atoms with Crippen molar-refractivity contribution in [2.45, 2.75) is 72.4 Å². The maximum atomic E-state index is 3.75. The number of nitrogens with zero attached hydrogens (tertiary/aromatic N) is 1. The van der Waals surface area contributed by atoms with E-state index in [-0.39, 0.29) is 0 Å². The van der Waals surface area contributed by atoms with Crippen LogP contribution in [-0.2, 0) is 0 Å². The zero-order chi connectivity index (χ0) is 14.5. The molecule has 1 heterocycles. The minimum atomic E-state index is 0.521. The number of rotatable bonds is 3. The molecule has 0 radical (unpaired) electrons. The van der Waals surface area contributed by atoms with E-state index >= 15 is 0 Å². The van der Waals surface area contributed by atoms with Crippen molar-refractivity contribution in [3.05, 3.63) is 0 Å². The molecular weight excluding hydrogens is 244 g/mol. The van der Waals surface area contributed by atoms with Gasteiger partial charge in [0.2, 0.25) is 0 Å². The quantitative estimate of drug-likeness (QED) is 0.850. The molecule has 2 aliphatic carbocycles. The summed E-state index contributed by atoms with van der Waals surface area (Å²) >= 11 is 0. The van der Waals surface area contributed by atoms with Gasteiger partial charge in [-0.2, -0.15) is 0 Å². The Kier molecular flexibility index (Phi) is 3.70. The van der Waals surface area contributed by atoms with Crippen LogP contribution in [0.25, 0.3) is 0 Å².